The van der Waals surface area contributed by atoms with E-state index >= 15 is 0 Å². The van der Waals surface area contributed by atoms with E-state index in [9.17, 15) is 0 Å². The second kappa shape index (κ2) is 6.00. The average Bonchev–Trinajstić information content (AvgIpc) is 2.40. The van der Waals surface area contributed by atoms with Crippen molar-refractivity contribution in [1.82, 2.24) is 5.01 Å². The van der Waals surface area contributed by atoms with Crippen molar-refractivity contribution in [2.45, 2.75) is 6.54 Å². The summed E-state index contributed by atoms with van der Waals surface area (Å²) in [4.78, 5) is 0. The van der Waals surface area contributed by atoms with Gasteiger partial charge < -0.3 is 0 Å². The normalized spacial score (nSPS) is 10.1. The summed E-state index contributed by atoms with van der Waals surface area (Å²) in [6.45, 7) is 0.559. The van der Waals surface area contributed by atoms with Gasteiger partial charge in [-0.1, -0.05) is 60.7 Å². The van der Waals surface area contributed by atoms with Crippen molar-refractivity contribution in [3.05, 3.63) is 60.2 Å². The first kappa shape index (κ1) is 13.1. The highest BCUT2D eigenvalue weighted by Crippen LogP contribution is 2.20. The van der Waals surface area contributed by atoms with Crippen LogP contribution < -0.4 is 5.84 Å². The Hall–Kier alpha value is -1.36. The molecule has 0 aromatic heterocycles. The smallest absolute Gasteiger partial charge is 0.147 e. The van der Waals surface area contributed by atoms with E-state index < -0.39 is 0 Å². The largest absolute Gasteiger partial charge is 0.292 e. The van der Waals surface area contributed by atoms with Crippen LogP contribution in [0.15, 0.2) is 54.6 Å². The van der Waals surface area contributed by atoms with Crippen molar-refractivity contribution < 1.29 is 0 Å². The number of thiol groups is 1. The SMILES string of the molecule is NN(Cc1cccc(-c2ccccc2)c1)C(=S)S. The Bertz CT molecular complexity index is 541. The fourth-order valence-corrected chi connectivity index (χ4v) is 1.88. The highest BCUT2D eigenvalue weighted by Gasteiger charge is 2.03. The first-order valence-electron chi connectivity index (χ1n) is 5.56. The van der Waals surface area contributed by atoms with Crippen LogP contribution in [0.4, 0.5) is 0 Å². The van der Waals surface area contributed by atoms with Crippen LogP contribution in [0.25, 0.3) is 11.1 Å². The summed E-state index contributed by atoms with van der Waals surface area (Å²) in [5.41, 5.74) is 3.47. The van der Waals surface area contributed by atoms with Gasteiger partial charge in [0.15, 0.2) is 0 Å². The first-order valence-corrected chi connectivity index (χ1v) is 6.42. The highest BCUT2D eigenvalue weighted by molar-refractivity contribution is 8.10. The number of nitrogens with zero attached hydrogens (tertiary/aromatic N) is 1. The number of benzene rings is 2. The molecule has 0 radical (unpaired) electrons. The molecule has 2 aromatic carbocycles. The van der Waals surface area contributed by atoms with Gasteiger partial charge in [0, 0.05) is 0 Å². The quantitative estimate of drug-likeness (QED) is 0.390. The highest BCUT2D eigenvalue weighted by atomic mass is 32.1. The molecule has 2 rings (SSSR count). The second-order valence-electron chi connectivity index (χ2n) is 3.98. The Kier molecular flexibility index (Phi) is 4.36. The van der Waals surface area contributed by atoms with E-state index in [-0.39, 0.29) is 0 Å². The van der Waals surface area contributed by atoms with Crippen molar-refractivity contribution in [2.24, 2.45) is 5.84 Å². The predicted octanol–water partition coefficient (Wildman–Crippen LogP) is 3.24. The molecule has 92 valence electrons. The Balaban J connectivity index is 2.23. The van der Waals surface area contributed by atoms with Crippen molar-refractivity contribution in [2.75, 3.05) is 0 Å². The summed E-state index contributed by atoms with van der Waals surface area (Å²) in [7, 11) is 0. The number of thiocarbonyl (C=S) groups is 1. The number of hydrazine groups is 1. The fourth-order valence-electron chi connectivity index (χ4n) is 1.74. The maximum Gasteiger partial charge on any atom is 0.147 e. The maximum atomic E-state index is 5.75. The van der Waals surface area contributed by atoms with E-state index in [2.05, 4.69) is 36.9 Å². The zero-order valence-corrected chi connectivity index (χ0v) is 11.5. The van der Waals surface area contributed by atoms with Crippen molar-refractivity contribution in [1.29, 1.82) is 0 Å². The van der Waals surface area contributed by atoms with Crippen LogP contribution in [0.3, 0.4) is 0 Å². The molecule has 2 N–H and O–H groups in total. The van der Waals surface area contributed by atoms with E-state index in [1.807, 2.05) is 30.3 Å². The van der Waals surface area contributed by atoms with Gasteiger partial charge in [0.2, 0.25) is 0 Å². The molecule has 0 amide bonds. The monoisotopic (exact) mass is 274 g/mol. The van der Waals surface area contributed by atoms with Gasteiger partial charge in [-0.05, 0) is 22.8 Å². The molecule has 2 nitrogen and oxygen atoms in total. The predicted molar refractivity (Wildman–Crippen MR) is 83.2 cm³/mol. The molecule has 0 atom stereocenters. The van der Waals surface area contributed by atoms with Crippen LogP contribution in [-0.4, -0.2) is 9.33 Å². The lowest BCUT2D eigenvalue weighted by molar-refractivity contribution is 0.451. The van der Waals surface area contributed by atoms with Gasteiger partial charge in [0.1, 0.15) is 4.32 Å². The molecule has 0 saturated heterocycles. The van der Waals surface area contributed by atoms with Crippen molar-refractivity contribution in [3.8, 4) is 11.1 Å². The Morgan fingerprint density at radius 1 is 1.06 bits per heavy atom. The minimum absolute atomic E-state index is 0.389. The van der Waals surface area contributed by atoms with Crippen LogP contribution in [0.2, 0.25) is 0 Å². The van der Waals surface area contributed by atoms with Gasteiger partial charge in [-0.15, -0.1) is 12.6 Å². The van der Waals surface area contributed by atoms with Crippen LogP contribution in [0.1, 0.15) is 5.56 Å². The molecule has 0 aliphatic carbocycles. The molecular formula is C14H14N2S2. The van der Waals surface area contributed by atoms with Crippen LogP contribution >= 0.6 is 24.8 Å². The Labute approximate surface area is 118 Å². The lowest BCUT2D eigenvalue weighted by Crippen LogP contribution is -2.32. The number of hydrogen-bond acceptors (Lipinski definition) is 2. The third-order valence-corrected chi connectivity index (χ3v) is 3.12. The molecule has 0 heterocycles. The molecule has 0 aliphatic rings. The second-order valence-corrected chi connectivity index (χ2v) is 5.09. The molecule has 18 heavy (non-hydrogen) atoms. The maximum absolute atomic E-state index is 5.75. The zero-order valence-electron chi connectivity index (χ0n) is 9.78. The van der Waals surface area contributed by atoms with Gasteiger partial charge in [-0.2, -0.15) is 0 Å². The fraction of sp³-hybridized carbons (Fsp3) is 0.0714. The summed E-state index contributed by atoms with van der Waals surface area (Å²) >= 11 is 8.96. The third-order valence-electron chi connectivity index (χ3n) is 2.63. The van der Waals surface area contributed by atoms with Crippen molar-refractivity contribution >= 4 is 29.2 Å². The minimum Gasteiger partial charge on any atom is -0.292 e. The van der Waals surface area contributed by atoms with Crippen molar-refractivity contribution in [3.63, 3.8) is 0 Å². The summed E-state index contributed by atoms with van der Waals surface area (Å²) < 4.78 is 0.389. The van der Waals surface area contributed by atoms with Gasteiger partial charge in [0.05, 0.1) is 6.54 Å². The molecule has 0 fully saturated rings. The molecule has 0 bridgehead atoms. The van der Waals surface area contributed by atoms with Gasteiger partial charge in [-0.3, -0.25) is 5.01 Å². The first-order chi connectivity index (χ1) is 8.66. The lowest BCUT2D eigenvalue weighted by Gasteiger charge is -2.16. The molecular weight excluding hydrogens is 260 g/mol. The van der Waals surface area contributed by atoms with Gasteiger partial charge >= 0.3 is 0 Å². The van der Waals surface area contributed by atoms with E-state index in [1.54, 1.807) is 0 Å². The summed E-state index contributed by atoms with van der Waals surface area (Å²) in [5.74, 6) is 5.75. The van der Waals surface area contributed by atoms with E-state index in [0.717, 1.165) is 5.56 Å². The molecule has 0 saturated carbocycles. The summed E-state index contributed by atoms with van der Waals surface area (Å²) in [6, 6.07) is 18.5. The summed E-state index contributed by atoms with van der Waals surface area (Å²) in [6.07, 6.45) is 0. The average molecular weight is 274 g/mol. The third kappa shape index (κ3) is 3.32. The minimum atomic E-state index is 0.389. The van der Waals surface area contributed by atoms with Gasteiger partial charge in [-0.25, -0.2) is 5.84 Å². The molecule has 0 aliphatic heterocycles. The Morgan fingerprint density at radius 2 is 1.72 bits per heavy atom. The van der Waals surface area contributed by atoms with Crippen LogP contribution in [0.5, 0.6) is 0 Å². The summed E-state index contributed by atoms with van der Waals surface area (Å²) in [5, 5.41) is 1.45. The standard InChI is InChI=1S/C14H14N2S2/c15-16(14(17)18)10-11-5-4-8-13(9-11)12-6-2-1-3-7-12/h1-9H,10,15H2,(H,17,18). The van der Waals surface area contributed by atoms with E-state index in [4.69, 9.17) is 18.1 Å². The number of hydrogen-bond donors (Lipinski definition) is 2. The van der Waals surface area contributed by atoms with E-state index in [1.165, 1.54) is 16.1 Å². The van der Waals surface area contributed by atoms with Crippen LogP contribution in [-0.2, 0) is 6.54 Å². The zero-order chi connectivity index (χ0) is 13.0. The topological polar surface area (TPSA) is 29.3 Å². The van der Waals surface area contributed by atoms with Crippen LogP contribution in [0, 0.1) is 0 Å². The number of nitrogens with two attached hydrogens (primary N) is 1. The van der Waals surface area contributed by atoms with Gasteiger partial charge in [0.25, 0.3) is 0 Å². The van der Waals surface area contributed by atoms with E-state index in [0.29, 0.717) is 10.9 Å². The molecule has 0 unspecified atom stereocenters. The molecule has 0 spiro atoms. The lowest BCUT2D eigenvalue weighted by atomic mass is 10.0. The molecule has 2 aromatic rings. The Morgan fingerprint density at radius 3 is 2.39 bits per heavy atom. The number of rotatable bonds is 3. The molecule has 4 heteroatoms.